The zero-order chi connectivity index (χ0) is 21.1. The zero-order valence-electron chi connectivity index (χ0n) is 17.8. The van der Waals surface area contributed by atoms with Gasteiger partial charge in [0.15, 0.2) is 0 Å². The highest BCUT2D eigenvalue weighted by atomic mass is 16.5. The van der Waals surface area contributed by atoms with Crippen LogP contribution in [0.4, 0.5) is 5.69 Å². The van der Waals surface area contributed by atoms with Crippen LogP contribution >= 0.6 is 0 Å². The molecule has 0 saturated carbocycles. The van der Waals surface area contributed by atoms with Gasteiger partial charge in [-0.15, -0.1) is 0 Å². The van der Waals surface area contributed by atoms with Gasteiger partial charge in [-0.3, -0.25) is 9.48 Å². The summed E-state index contributed by atoms with van der Waals surface area (Å²) >= 11 is 0. The molecule has 0 atom stereocenters. The molecule has 0 unspecified atom stereocenters. The Morgan fingerprint density at radius 1 is 1.00 bits per heavy atom. The number of methoxy groups -OCH3 is 1. The van der Waals surface area contributed by atoms with E-state index in [0.717, 1.165) is 41.5 Å². The third-order valence-corrected chi connectivity index (χ3v) is 5.76. The molecule has 1 fully saturated rings. The van der Waals surface area contributed by atoms with E-state index in [1.807, 2.05) is 59.8 Å². The summed E-state index contributed by atoms with van der Waals surface area (Å²) in [7, 11) is 1.68. The topological polar surface area (TPSA) is 50.6 Å². The highest BCUT2D eigenvalue weighted by Gasteiger charge is 2.27. The minimum Gasteiger partial charge on any atom is -0.497 e. The number of rotatable bonds is 5. The lowest BCUT2D eigenvalue weighted by Gasteiger charge is -2.36. The van der Waals surface area contributed by atoms with Gasteiger partial charge in [0, 0.05) is 43.6 Å². The van der Waals surface area contributed by atoms with Gasteiger partial charge in [0.25, 0.3) is 5.91 Å². The van der Waals surface area contributed by atoms with Gasteiger partial charge in [-0.25, -0.2) is 0 Å². The summed E-state index contributed by atoms with van der Waals surface area (Å²) in [5, 5.41) is 4.65. The fraction of sp³-hybridized carbons (Fsp3) is 0.333. The Morgan fingerprint density at radius 3 is 2.43 bits per heavy atom. The van der Waals surface area contributed by atoms with Crippen LogP contribution in [0.3, 0.4) is 0 Å². The summed E-state index contributed by atoms with van der Waals surface area (Å²) in [5.74, 6) is 0.928. The Balaban J connectivity index is 1.45. The summed E-state index contributed by atoms with van der Waals surface area (Å²) in [6, 6.07) is 18.3. The van der Waals surface area contributed by atoms with Gasteiger partial charge >= 0.3 is 0 Å². The molecule has 0 aliphatic carbocycles. The van der Waals surface area contributed by atoms with E-state index in [4.69, 9.17) is 4.74 Å². The minimum atomic E-state index is 0.0783. The highest BCUT2D eigenvalue weighted by Crippen LogP contribution is 2.23. The largest absolute Gasteiger partial charge is 0.497 e. The van der Waals surface area contributed by atoms with E-state index in [9.17, 15) is 4.79 Å². The second kappa shape index (κ2) is 8.61. The van der Waals surface area contributed by atoms with Crippen molar-refractivity contribution in [3.63, 3.8) is 0 Å². The van der Waals surface area contributed by atoms with Gasteiger partial charge in [-0.1, -0.05) is 36.4 Å². The Kier molecular flexibility index (Phi) is 5.74. The monoisotopic (exact) mass is 404 g/mol. The maximum absolute atomic E-state index is 13.3. The average molecular weight is 405 g/mol. The van der Waals surface area contributed by atoms with Gasteiger partial charge in [0.1, 0.15) is 5.75 Å². The second-order valence-corrected chi connectivity index (χ2v) is 7.67. The molecule has 2 heterocycles. The standard InChI is InChI=1S/C24H28N4O2/c1-18-23(19(2)28(25-18)17-20-8-5-4-6-9-20)24(29)27-14-12-26(13-15-27)21-10-7-11-22(16-21)30-3/h4-11,16H,12-15,17H2,1-3H3. The van der Waals surface area contributed by atoms with Crippen LogP contribution < -0.4 is 9.64 Å². The number of hydrogen-bond acceptors (Lipinski definition) is 4. The van der Waals surface area contributed by atoms with Gasteiger partial charge < -0.3 is 14.5 Å². The smallest absolute Gasteiger partial charge is 0.257 e. The number of ether oxygens (including phenoxy) is 1. The molecule has 1 amide bonds. The first-order valence-electron chi connectivity index (χ1n) is 10.3. The summed E-state index contributed by atoms with van der Waals surface area (Å²) in [6.07, 6.45) is 0. The normalized spacial score (nSPS) is 14.1. The summed E-state index contributed by atoms with van der Waals surface area (Å²) in [6.45, 7) is 7.57. The van der Waals surface area contributed by atoms with Crippen molar-refractivity contribution in [2.24, 2.45) is 0 Å². The molecule has 30 heavy (non-hydrogen) atoms. The predicted molar refractivity (Wildman–Crippen MR) is 118 cm³/mol. The first-order chi connectivity index (χ1) is 14.6. The molecule has 2 aromatic carbocycles. The third kappa shape index (κ3) is 4.03. The van der Waals surface area contributed by atoms with Crippen molar-refractivity contribution in [3.8, 4) is 5.75 Å². The van der Waals surface area contributed by atoms with Gasteiger partial charge in [-0.05, 0) is 31.5 Å². The lowest BCUT2D eigenvalue weighted by Crippen LogP contribution is -2.49. The van der Waals surface area contributed by atoms with Crippen molar-refractivity contribution in [1.82, 2.24) is 14.7 Å². The number of carbonyl (C=O) groups is 1. The van der Waals surface area contributed by atoms with Gasteiger partial charge in [0.2, 0.25) is 0 Å². The number of carbonyl (C=O) groups excluding carboxylic acids is 1. The van der Waals surface area contributed by atoms with Crippen molar-refractivity contribution in [2.45, 2.75) is 20.4 Å². The second-order valence-electron chi connectivity index (χ2n) is 7.67. The van der Waals surface area contributed by atoms with Crippen LogP contribution in [0.5, 0.6) is 5.75 Å². The highest BCUT2D eigenvalue weighted by molar-refractivity contribution is 5.96. The molecule has 1 saturated heterocycles. The number of hydrogen-bond donors (Lipinski definition) is 0. The van der Waals surface area contributed by atoms with Crippen molar-refractivity contribution in [3.05, 3.63) is 77.1 Å². The first-order valence-corrected chi connectivity index (χ1v) is 10.3. The Morgan fingerprint density at radius 2 is 1.73 bits per heavy atom. The van der Waals surface area contributed by atoms with Crippen molar-refractivity contribution < 1.29 is 9.53 Å². The number of benzene rings is 2. The number of piperazine rings is 1. The Hall–Kier alpha value is -3.28. The van der Waals surface area contributed by atoms with Crippen LogP contribution in [0, 0.1) is 13.8 Å². The molecular weight excluding hydrogens is 376 g/mol. The van der Waals surface area contributed by atoms with E-state index in [1.165, 1.54) is 5.56 Å². The average Bonchev–Trinajstić information content (AvgIpc) is 3.06. The third-order valence-electron chi connectivity index (χ3n) is 5.76. The van der Waals surface area contributed by atoms with Crippen LogP contribution in [0.1, 0.15) is 27.3 Å². The fourth-order valence-corrected chi connectivity index (χ4v) is 4.05. The molecule has 1 aliphatic rings. The SMILES string of the molecule is COc1cccc(N2CCN(C(=O)c3c(C)nn(Cc4ccccc4)c3C)CC2)c1. The molecule has 0 bridgehead atoms. The predicted octanol–water partition coefficient (Wildman–Crippen LogP) is 3.52. The van der Waals surface area contributed by atoms with E-state index in [2.05, 4.69) is 28.2 Å². The van der Waals surface area contributed by atoms with Crippen LogP contribution in [-0.4, -0.2) is 53.9 Å². The van der Waals surface area contributed by atoms with E-state index in [0.29, 0.717) is 19.6 Å². The van der Waals surface area contributed by atoms with Crippen molar-refractivity contribution in [1.29, 1.82) is 0 Å². The number of amides is 1. The fourth-order valence-electron chi connectivity index (χ4n) is 4.05. The summed E-state index contributed by atoms with van der Waals surface area (Å²) in [5.41, 5.74) is 4.76. The van der Waals surface area contributed by atoms with Crippen LogP contribution in [0.2, 0.25) is 0 Å². The van der Waals surface area contributed by atoms with Crippen LogP contribution in [-0.2, 0) is 6.54 Å². The molecular formula is C24H28N4O2. The summed E-state index contributed by atoms with van der Waals surface area (Å²) in [4.78, 5) is 17.5. The molecule has 0 N–H and O–H groups in total. The molecule has 6 nitrogen and oxygen atoms in total. The molecule has 156 valence electrons. The minimum absolute atomic E-state index is 0.0783. The lowest BCUT2D eigenvalue weighted by molar-refractivity contribution is 0.0745. The van der Waals surface area contributed by atoms with Crippen LogP contribution in [0.15, 0.2) is 54.6 Å². The molecule has 4 rings (SSSR count). The number of aromatic nitrogens is 2. The molecule has 1 aromatic heterocycles. The number of aryl methyl sites for hydroxylation is 1. The summed E-state index contributed by atoms with van der Waals surface area (Å²) < 4.78 is 7.27. The maximum Gasteiger partial charge on any atom is 0.257 e. The molecule has 0 spiro atoms. The quantitative estimate of drug-likeness (QED) is 0.653. The number of nitrogens with zero attached hydrogens (tertiary/aromatic N) is 4. The van der Waals surface area contributed by atoms with E-state index < -0.39 is 0 Å². The van der Waals surface area contributed by atoms with Crippen molar-refractivity contribution in [2.75, 3.05) is 38.2 Å². The van der Waals surface area contributed by atoms with E-state index in [1.54, 1.807) is 7.11 Å². The van der Waals surface area contributed by atoms with Gasteiger partial charge in [-0.2, -0.15) is 5.10 Å². The maximum atomic E-state index is 13.3. The Labute approximate surface area is 177 Å². The zero-order valence-corrected chi connectivity index (χ0v) is 17.8. The van der Waals surface area contributed by atoms with E-state index in [-0.39, 0.29) is 5.91 Å². The molecule has 1 aliphatic heterocycles. The molecule has 0 radical (unpaired) electrons. The van der Waals surface area contributed by atoms with Crippen LogP contribution in [0.25, 0.3) is 0 Å². The molecule has 3 aromatic rings. The molecule has 6 heteroatoms. The van der Waals surface area contributed by atoms with E-state index >= 15 is 0 Å². The van der Waals surface area contributed by atoms with Crippen molar-refractivity contribution >= 4 is 11.6 Å². The Bertz CT molecular complexity index is 1020. The number of anilines is 1. The first kappa shape index (κ1) is 20.0. The van der Waals surface area contributed by atoms with Gasteiger partial charge in [0.05, 0.1) is 24.9 Å². The lowest BCUT2D eigenvalue weighted by atomic mass is 10.1.